The number of hydrogen-bond donors (Lipinski definition) is 1. The molecule has 4 aliphatic carbocycles. The predicted molar refractivity (Wildman–Crippen MR) is 98.8 cm³/mol. The smallest absolute Gasteiger partial charge is 0.232 e. The second-order valence-electron chi connectivity index (χ2n) is 8.49. The van der Waals surface area contributed by atoms with Gasteiger partial charge in [0.1, 0.15) is 0 Å². The van der Waals surface area contributed by atoms with Crippen LogP contribution in [0.2, 0.25) is 0 Å². The standard InChI is InChI=1S/C20H24N2OS/c23-18(20-10-13-7-14(11-20)9-15(8-13)12-20)21-19(24)22-6-5-16-3-1-2-4-17(16)22/h1-4,13-15H,5-12H2,(H,21,23,24). The van der Waals surface area contributed by atoms with Crippen LogP contribution in [0.5, 0.6) is 0 Å². The van der Waals surface area contributed by atoms with Gasteiger partial charge in [-0.1, -0.05) is 18.2 Å². The van der Waals surface area contributed by atoms with Crippen molar-refractivity contribution in [2.24, 2.45) is 23.2 Å². The highest BCUT2D eigenvalue weighted by Crippen LogP contribution is 2.60. The number of nitrogens with zero attached hydrogens (tertiary/aromatic N) is 1. The number of para-hydroxylation sites is 1. The minimum absolute atomic E-state index is 0.127. The third kappa shape index (κ3) is 2.22. The lowest BCUT2D eigenvalue weighted by atomic mass is 9.49. The molecule has 24 heavy (non-hydrogen) atoms. The van der Waals surface area contributed by atoms with E-state index in [0.717, 1.165) is 55.7 Å². The van der Waals surface area contributed by atoms with E-state index in [2.05, 4.69) is 28.4 Å². The van der Waals surface area contributed by atoms with Crippen molar-refractivity contribution >= 4 is 28.9 Å². The first-order chi connectivity index (χ1) is 11.6. The normalized spacial score (nSPS) is 35.8. The SMILES string of the molecule is O=C(NC(=S)N1CCc2ccccc21)C12CC3CC(CC(C3)C1)C2. The third-order valence-corrected chi connectivity index (χ3v) is 7.20. The van der Waals surface area contributed by atoms with E-state index in [0.29, 0.717) is 5.11 Å². The molecule has 4 saturated carbocycles. The number of carbonyl (C=O) groups is 1. The molecule has 4 bridgehead atoms. The van der Waals surface area contributed by atoms with Gasteiger partial charge in [-0.05, 0) is 86.5 Å². The maximum Gasteiger partial charge on any atom is 0.232 e. The van der Waals surface area contributed by atoms with Crippen molar-refractivity contribution < 1.29 is 4.79 Å². The molecule has 3 nitrogen and oxygen atoms in total. The Morgan fingerprint density at radius 1 is 1.08 bits per heavy atom. The lowest BCUT2D eigenvalue weighted by Crippen LogP contribution is -2.56. The molecule has 0 spiro atoms. The van der Waals surface area contributed by atoms with Crippen LogP contribution in [0, 0.1) is 23.2 Å². The fourth-order valence-corrected chi connectivity index (χ4v) is 6.52. The number of amides is 1. The Labute approximate surface area is 148 Å². The molecule has 126 valence electrons. The summed E-state index contributed by atoms with van der Waals surface area (Å²) in [4.78, 5) is 15.3. The average Bonchev–Trinajstić information content (AvgIpc) is 2.97. The van der Waals surface area contributed by atoms with Gasteiger partial charge in [-0.15, -0.1) is 0 Å². The summed E-state index contributed by atoms with van der Waals surface area (Å²) in [5.41, 5.74) is 2.36. The van der Waals surface area contributed by atoms with E-state index in [1.54, 1.807) is 0 Å². The maximum absolute atomic E-state index is 13.2. The van der Waals surface area contributed by atoms with Gasteiger partial charge in [-0.2, -0.15) is 0 Å². The third-order valence-electron chi connectivity index (χ3n) is 6.87. The van der Waals surface area contributed by atoms with E-state index >= 15 is 0 Å². The van der Waals surface area contributed by atoms with Gasteiger partial charge in [0.05, 0.1) is 5.41 Å². The molecule has 1 aromatic rings. The molecule has 0 unspecified atom stereocenters. The second kappa shape index (κ2) is 5.29. The molecule has 1 heterocycles. The number of nitrogens with one attached hydrogen (secondary N) is 1. The monoisotopic (exact) mass is 340 g/mol. The van der Waals surface area contributed by atoms with Gasteiger partial charge >= 0.3 is 0 Å². The fourth-order valence-electron chi connectivity index (χ4n) is 6.24. The molecule has 1 amide bonds. The summed E-state index contributed by atoms with van der Waals surface area (Å²) in [5.74, 6) is 2.55. The van der Waals surface area contributed by atoms with E-state index in [1.807, 2.05) is 6.07 Å². The van der Waals surface area contributed by atoms with Gasteiger partial charge in [0.2, 0.25) is 5.91 Å². The molecule has 1 aliphatic heterocycles. The molecular weight excluding hydrogens is 316 g/mol. The lowest BCUT2D eigenvalue weighted by molar-refractivity contribution is -0.144. The molecule has 4 fully saturated rings. The van der Waals surface area contributed by atoms with Crippen molar-refractivity contribution in [2.45, 2.75) is 44.9 Å². The number of anilines is 1. The molecule has 0 radical (unpaired) electrons. The summed E-state index contributed by atoms with van der Waals surface area (Å²) < 4.78 is 0. The van der Waals surface area contributed by atoms with Crippen LogP contribution < -0.4 is 10.2 Å². The molecule has 0 saturated heterocycles. The highest BCUT2D eigenvalue weighted by Gasteiger charge is 2.54. The molecular formula is C20H24N2OS. The number of hydrogen-bond acceptors (Lipinski definition) is 2. The number of thiocarbonyl (C=S) groups is 1. The Morgan fingerprint density at radius 2 is 1.71 bits per heavy atom. The highest BCUT2D eigenvalue weighted by atomic mass is 32.1. The van der Waals surface area contributed by atoms with E-state index in [1.165, 1.54) is 24.8 Å². The van der Waals surface area contributed by atoms with E-state index < -0.39 is 0 Å². The topological polar surface area (TPSA) is 32.3 Å². The van der Waals surface area contributed by atoms with E-state index in [9.17, 15) is 4.79 Å². The summed E-state index contributed by atoms with van der Waals surface area (Å²) >= 11 is 5.62. The molecule has 0 aromatic heterocycles. The van der Waals surface area contributed by atoms with Crippen LogP contribution in [-0.2, 0) is 11.2 Å². The maximum atomic E-state index is 13.2. The zero-order valence-corrected chi connectivity index (χ0v) is 14.8. The molecule has 0 atom stereocenters. The van der Waals surface area contributed by atoms with Gasteiger partial charge in [-0.3, -0.25) is 4.79 Å². The van der Waals surface area contributed by atoms with Crippen LogP contribution in [0.4, 0.5) is 5.69 Å². The minimum atomic E-state index is -0.127. The van der Waals surface area contributed by atoms with Crippen LogP contribution >= 0.6 is 12.2 Å². The zero-order chi connectivity index (χ0) is 16.3. The summed E-state index contributed by atoms with van der Waals surface area (Å²) in [5, 5.41) is 3.74. The minimum Gasteiger partial charge on any atom is -0.318 e. The van der Waals surface area contributed by atoms with Crippen LogP contribution in [0.15, 0.2) is 24.3 Å². The Balaban J connectivity index is 1.33. The van der Waals surface area contributed by atoms with Crippen LogP contribution in [-0.4, -0.2) is 17.6 Å². The zero-order valence-electron chi connectivity index (χ0n) is 14.0. The van der Waals surface area contributed by atoms with Crippen molar-refractivity contribution in [1.82, 2.24) is 5.32 Å². The molecule has 4 heteroatoms. The van der Waals surface area contributed by atoms with Gasteiger partial charge in [-0.25, -0.2) is 0 Å². The van der Waals surface area contributed by atoms with Gasteiger partial charge < -0.3 is 10.2 Å². The first-order valence-corrected chi connectivity index (χ1v) is 9.75. The first kappa shape index (κ1) is 14.9. The summed E-state index contributed by atoms with van der Waals surface area (Å²) in [7, 11) is 0. The Bertz CT molecular complexity index is 678. The second-order valence-corrected chi connectivity index (χ2v) is 8.87. The summed E-state index contributed by atoms with van der Waals surface area (Å²) in [6.07, 6.45) is 8.34. The van der Waals surface area contributed by atoms with Crippen molar-refractivity contribution in [2.75, 3.05) is 11.4 Å². The largest absolute Gasteiger partial charge is 0.318 e. The van der Waals surface area contributed by atoms with E-state index in [4.69, 9.17) is 12.2 Å². The highest BCUT2D eigenvalue weighted by molar-refractivity contribution is 7.80. The Morgan fingerprint density at radius 3 is 2.38 bits per heavy atom. The summed E-state index contributed by atoms with van der Waals surface area (Å²) in [6.45, 7) is 0.874. The number of carbonyl (C=O) groups excluding carboxylic acids is 1. The first-order valence-electron chi connectivity index (χ1n) is 9.34. The van der Waals surface area contributed by atoms with Crippen molar-refractivity contribution in [3.63, 3.8) is 0 Å². The molecule has 1 N–H and O–H groups in total. The van der Waals surface area contributed by atoms with Crippen LogP contribution in [0.25, 0.3) is 0 Å². The average molecular weight is 340 g/mol. The number of fused-ring (bicyclic) bond motifs is 1. The summed E-state index contributed by atoms with van der Waals surface area (Å²) in [6, 6.07) is 8.37. The van der Waals surface area contributed by atoms with Crippen LogP contribution in [0.3, 0.4) is 0 Å². The molecule has 1 aromatic carbocycles. The quantitative estimate of drug-likeness (QED) is 0.792. The van der Waals surface area contributed by atoms with Crippen molar-refractivity contribution in [3.05, 3.63) is 29.8 Å². The van der Waals surface area contributed by atoms with Gasteiger partial charge in [0, 0.05) is 12.2 Å². The lowest BCUT2D eigenvalue weighted by Gasteiger charge is -2.55. The number of benzene rings is 1. The van der Waals surface area contributed by atoms with Crippen molar-refractivity contribution in [1.29, 1.82) is 0 Å². The van der Waals surface area contributed by atoms with Crippen molar-refractivity contribution in [3.8, 4) is 0 Å². The predicted octanol–water partition coefficient (Wildman–Crippen LogP) is 3.67. The van der Waals surface area contributed by atoms with Gasteiger partial charge in [0.15, 0.2) is 5.11 Å². The van der Waals surface area contributed by atoms with E-state index in [-0.39, 0.29) is 11.3 Å². The molecule has 5 aliphatic rings. The Kier molecular flexibility index (Phi) is 3.28. The van der Waals surface area contributed by atoms with Crippen LogP contribution in [0.1, 0.15) is 44.1 Å². The molecule has 6 rings (SSSR count). The fraction of sp³-hybridized carbons (Fsp3) is 0.600. The Hall–Kier alpha value is -1.42. The van der Waals surface area contributed by atoms with Gasteiger partial charge in [0.25, 0.3) is 0 Å². The number of rotatable bonds is 1.